The van der Waals surface area contributed by atoms with Gasteiger partial charge in [-0.15, -0.1) is 0 Å². The van der Waals surface area contributed by atoms with Gasteiger partial charge in [-0.05, 0) is 25.7 Å². The summed E-state index contributed by atoms with van der Waals surface area (Å²) in [4.78, 5) is 27.0. The van der Waals surface area contributed by atoms with Gasteiger partial charge in [-0.1, -0.05) is 20.3 Å². The van der Waals surface area contributed by atoms with Crippen LogP contribution in [0.5, 0.6) is 0 Å². The third kappa shape index (κ3) is 4.40. The molecule has 1 N–H and O–H groups in total. The summed E-state index contributed by atoms with van der Waals surface area (Å²) < 4.78 is 0. The second-order valence-electron chi connectivity index (χ2n) is 5.46. The van der Waals surface area contributed by atoms with Crippen molar-refractivity contribution in [1.29, 1.82) is 0 Å². The molecule has 0 aromatic rings. The first-order chi connectivity index (χ1) is 8.99. The van der Waals surface area contributed by atoms with Gasteiger partial charge in [-0.25, -0.2) is 4.79 Å². The molecule has 1 unspecified atom stereocenters. The number of amides is 2. The quantitative estimate of drug-likeness (QED) is 0.833. The molecule has 5 nitrogen and oxygen atoms in total. The van der Waals surface area contributed by atoms with Crippen molar-refractivity contribution in [2.45, 2.75) is 40.0 Å². The number of carbonyl (C=O) groups excluding carboxylic acids is 1. The maximum absolute atomic E-state index is 12.4. The Morgan fingerprint density at radius 2 is 2.11 bits per heavy atom. The number of likely N-dealkylation sites (tertiary alicyclic amines) is 1. The number of nitrogens with zero attached hydrogens (tertiary/aromatic N) is 2. The lowest BCUT2D eigenvalue weighted by Crippen LogP contribution is -2.49. The number of urea groups is 1. The van der Waals surface area contributed by atoms with Crippen LogP contribution in [-0.4, -0.2) is 53.1 Å². The zero-order valence-corrected chi connectivity index (χ0v) is 12.3. The molecule has 1 aliphatic heterocycles. The highest BCUT2D eigenvalue weighted by Crippen LogP contribution is 2.18. The lowest BCUT2D eigenvalue weighted by Gasteiger charge is -2.35. The SMILES string of the molecule is CCC(C)CN(CC)C(=O)N1CCC[C@@H](C(=O)O)C1. The van der Waals surface area contributed by atoms with Crippen LogP contribution in [0.2, 0.25) is 0 Å². The zero-order chi connectivity index (χ0) is 14.4. The van der Waals surface area contributed by atoms with Gasteiger partial charge in [0.1, 0.15) is 0 Å². The van der Waals surface area contributed by atoms with Gasteiger partial charge in [0.05, 0.1) is 5.92 Å². The van der Waals surface area contributed by atoms with Crippen molar-refractivity contribution in [3.05, 3.63) is 0 Å². The van der Waals surface area contributed by atoms with E-state index in [0.29, 0.717) is 32.0 Å². The second kappa shape index (κ2) is 7.36. The van der Waals surface area contributed by atoms with E-state index in [1.165, 1.54) is 0 Å². The third-order valence-electron chi connectivity index (χ3n) is 3.92. The van der Waals surface area contributed by atoms with Crippen LogP contribution in [0.1, 0.15) is 40.0 Å². The van der Waals surface area contributed by atoms with E-state index in [9.17, 15) is 9.59 Å². The molecule has 5 heteroatoms. The summed E-state index contributed by atoms with van der Waals surface area (Å²) in [6.45, 7) is 8.68. The van der Waals surface area contributed by atoms with Gasteiger partial charge in [0, 0.05) is 26.2 Å². The number of piperidine rings is 1. The van der Waals surface area contributed by atoms with Crippen LogP contribution in [0.3, 0.4) is 0 Å². The molecule has 1 aliphatic rings. The summed E-state index contributed by atoms with van der Waals surface area (Å²) in [5.74, 6) is -0.716. The first-order valence-corrected chi connectivity index (χ1v) is 7.26. The minimum absolute atomic E-state index is 0.00579. The number of carbonyl (C=O) groups is 2. The first kappa shape index (κ1) is 15.8. The monoisotopic (exact) mass is 270 g/mol. The van der Waals surface area contributed by atoms with Crippen LogP contribution >= 0.6 is 0 Å². The summed E-state index contributed by atoms with van der Waals surface area (Å²) in [6.07, 6.45) is 2.50. The Labute approximate surface area is 115 Å². The molecule has 1 heterocycles. The number of hydrogen-bond acceptors (Lipinski definition) is 2. The maximum atomic E-state index is 12.4. The molecule has 1 saturated heterocycles. The van der Waals surface area contributed by atoms with Crippen molar-refractivity contribution >= 4 is 12.0 Å². The Bertz CT molecular complexity index is 320. The minimum Gasteiger partial charge on any atom is -0.481 e. The number of carboxylic acids is 1. The normalized spacial score (nSPS) is 21.0. The molecule has 2 amide bonds. The average Bonchev–Trinajstić information content (AvgIpc) is 2.43. The lowest BCUT2D eigenvalue weighted by molar-refractivity contribution is -0.143. The van der Waals surface area contributed by atoms with Gasteiger partial charge in [-0.2, -0.15) is 0 Å². The van der Waals surface area contributed by atoms with E-state index in [0.717, 1.165) is 19.4 Å². The minimum atomic E-state index is -0.789. The van der Waals surface area contributed by atoms with E-state index in [1.54, 1.807) is 4.90 Å². The number of hydrogen-bond donors (Lipinski definition) is 1. The number of carboxylic acid groups (broad SMARTS) is 1. The van der Waals surface area contributed by atoms with Crippen molar-refractivity contribution in [2.75, 3.05) is 26.2 Å². The molecule has 0 aromatic heterocycles. The summed E-state index contributed by atoms with van der Waals surface area (Å²) in [5, 5.41) is 9.07. The van der Waals surface area contributed by atoms with E-state index < -0.39 is 11.9 Å². The van der Waals surface area contributed by atoms with Gasteiger partial charge >= 0.3 is 12.0 Å². The Hall–Kier alpha value is -1.26. The molecule has 0 radical (unpaired) electrons. The average molecular weight is 270 g/mol. The largest absolute Gasteiger partial charge is 0.481 e. The molecule has 0 aromatic carbocycles. The van der Waals surface area contributed by atoms with Crippen LogP contribution in [0.4, 0.5) is 4.79 Å². The van der Waals surface area contributed by atoms with Crippen molar-refractivity contribution in [1.82, 2.24) is 9.80 Å². The Morgan fingerprint density at radius 1 is 1.42 bits per heavy atom. The van der Waals surface area contributed by atoms with Crippen LogP contribution in [0.25, 0.3) is 0 Å². The molecule has 0 aliphatic carbocycles. The van der Waals surface area contributed by atoms with E-state index in [-0.39, 0.29) is 6.03 Å². The Balaban J connectivity index is 2.61. The molecule has 0 saturated carbocycles. The van der Waals surface area contributed by atoms with Crippen LogP contribution < -0.4 is 0 Å². The number of aliphatic carboxylic acids is 1. The third-order valence-corrected chi connectivity index (χ3v) is 3.92. The standard InChI is InChI=1S/C14H26N2O3/c1-4-11(3)9-15(5-2)14(19)16-8-6-7-12(10-16)13(17)18/h11-12H,4-10H2,1-3H3,(H,17,18)/t11?,12-/m1/s1. The maximum Gasteiger partial charge on any atom is 0.320 e. The predicted molar refractivity (Wildman–Crippen MR) is 74.0 cm³/mol. The topological polar surface area (TPSA) is 60.9 Å². The van der Waals surface area contributed by atoms with Crippen LogP contribution in [0, 0.1) is 11.8 Å². The van der Waals surface area contributed by atoms with Crippen LogP contribution in [-0.2, 0) is 4.79 Å². The highest BCUT2D eigenvalue weighted by molar-refractivity contribution is 5.76. The van der Waals surface area contributed by atoms with Gasteiger partial charge in [0.2, 0.25) is 0 Å². The predicted octanol–water partition coefficient (Wildman–Crippen LogP) is 2.27. The molecule has 110 valence electrons. The Kier molecular flexibility index (Phi) is 6.12. The van der Waals surface area contributed by atoms with Crippen molar-refractivity contribution in [3.8, 4) is 0 Å². The van der Waals surface area contributed by atoms with Gasteiger partial charge in [0.25, 0.3) is 0 Å². The molecule has 19 heavy (non-hydrogen) atoms. The van der Waals surface area contributed by atoms with Gasteiger partial charge < -0.3 is 14.9 Å². The molecule has 1 fully saturated rings. The molecular formula is C14H26N2O3. The van der Waals surface area contributed by atoms with E-state index in [1.807, 2.05) is 11.8 Å². The van der Waals surface area contributed by atoms with E-state index >= 15 is 0 Å². The van der Waals surface area contributed by atoms with Crippen molar-refractivity contribution < 1.29 is 14.7 Å². The molecule has 2 atom stereocenters. The fourth-order valence-electron chi connectivity index (χ4n) is 2.40. The fraction of sp³-hybridized carbons (Fsp3) is 0.857. The molecule has 1 rings (SSSR count). The van der Waals surface area contributed by atoms with E-state index in [2.05, 4.69) is 13.8 Å². The first-order valence-electron chi connectivity index (χ1n) is 7.26. The highest BCUT2D eigenvalue weighted by atomic mass is 16.4. The summed E-state index contributed by atoms with van der Waals surface area (Å²) >= 11 is 0. The van der Waals surface area contributed by atoms with E-state index in [4.69, 9.17) is 5.11 Å². The fourth-order valence-corrected chi connectivity index (χ4v) is 2.40. The van der Waals surface area contributed by atoms with Gasteiger partial charge in [0.15, 0.2) is 0 Å². The van der Waals surface area contributed by atoms with Crippen molar-refractivity contribution in [2.24, 2.45) is 11.8 Å². The second-order valence-corrected chi connectivity index (χ2v) is 5.46. The summed E-state index contributed by atoms with van der Waals surface area (Å²) in [6, 6.07) is -0.00579. The molecule has 0 spiro atoms. The summed E-state index contributed by atoms with van der Waals surface area (Å²) in [7, 11) is 0. The highest BCUT2D eigenvalue weighted by Gasteiger charge is 2.30. The summed E-state index contributed by atoms with van der Waals surface area (Å²) in [5.41, 5.74) is 0. The molecular weight excluding hydrogens is 244 g/mol. The lowest BCUT2D eigenvalue weighted by atomic mass is 9.98. The Morgan fingerprint density at radius 3 is 2.63 bits per heavy atom. The molecule has 0 bridgehead atoms. The van der Waals surface area contributed by atoms with Crippen molar-refractivity contribution in [3.63, 3.8) is 0 Å². The smallest absolute Gasteiger partial charge is 0.320 e. The van der Waals surface area contributed by atoms with Crippen LogP contribution in [0.15, 0.2) is 0 Å². The van der Waals surface area contributed by atoms with Gasteiger partial charge in [-0.3, -0.25) is 4.79 Å². The number of rotatable bonds is 5. The zero-order valence-electron chi connectivity index (χ0n) is 12.3.